The van der Waals surface area contributed by atoms with E-state index in [4.69, 9.17) is 11.6 Å². The summed E-state index contributed by atoms with van der Waals surface area (Å²) in [6.45, 7) is 4.10. The number of amides is 1. The third-order valence-corrected chi connectivity index (χ3v) is 3.63. The molecule has 1 aromatic rings. The maximum atomic E-state index is 11.7. The second kappa shape index (κ2) is 7.62. The standard InChI is InChI=1S/C13H18ClNOS/c1-3-4-7-17-9-13(16)15-12-8-11(14)6-5-10(12)2/h5-6,8H,3-4,7,9H2,1-2H3,(H,15,16). The topological polar surface area (TPSA) is 29.1 Å². The number of halogens is 1. The third-order valence-electron chi connectivity index (χ3n) is 2.35. The summed E-state index contributed by atoms with van der Waals surface area (Å²) in [7, 11) is 0. The van der Waals surface area contributed by atoms with Gasteiger partial charge in [0.1, 0.15) is 0 Å². The van der Waals surface area contributed by atoms with Crippen molar-refractivity contribution in [2.45, 2.75) is 26.7 Å². The molecule has 0 aliphatic rings. The Morgan fingerprint density at radius 2 is 2.24 bits per heavy atom. The maximum Gasteiger partial charge on any atom is 0.234 e. The van der Waals surface area contributed by atoms with Crippen molar-refractivity contribution in [2.75, 3.05) is 16.8 Å². The van der Waals surface area contributed by atoms with Crippen molar-refractivity contribution >= 4 is 35.0 Å². The molecule has 0 unspecified atom stereocenters. The first-order valence-electron chi connectivity index (χ1n) is 5.77. The molecule has 0 heterocycles. The molecule has 1 rings (SSSR count). The van der Waals surface area contributed by atoms with E-state index >= 15 is 0 Å². The first kappa shape index (κ1) is 14.4. The maximum absolute atomic E-state index is 11.7. The van der Waals surface area contributed by atoms with Crippen LogP contribution in [0.25, 0.3) is 0 Å². The lowest BCUT2D eigenvalue weighted by Crippen LogP contribution is -2.15. The van der Waals surface area contributed by atoms with Crippen molar-refractivity contribution in [3.8, 4) is 0 Å². The van der Waals surface area contributed by atoms with E-state index < -0.39 is 0 Å². The molecule has 1 amide bonds. The Kier molecular flexibility index (Phi) is 6.45. The Morgan fingerprint density at radius 1 is 1.47 bits per heavy atom. The summed E-state index contributed by atoms with van der Waals surface area (Å²) >= 11 is 7.56. The second-order valence-electron chi connectivity index (χ2n) is 3.91. The van der Waals surface area contributed by atoms with E-state index in [1.165, 1.54) is 6.42 Å². The molecule has 0 bridgehead atoms. The lowest BCUT2D eigenvalue weighted by Gasteiger charge is -2.08. The molecule has 0 radical (unpaired) electrons. The highest BCUT2D eigenvalue weighted by Crippen LogP contribution is 2.20. The minimum Gasteiger partial charge on any atom is -0.325 e. The summed E-state index contributed by atoms with van der Waals surface area (Å²) < 4.78 is 0. The normalized spacial score (nSPS) is 10.3. The molecule has 0 saturated heterocycles. The van der Waals surface area contributed by atoms with Crippen LogP contribution in [0.4, 0.5) is 5.69 Å². The van der Waals surface area contributed by atoms with Crippen molar-refractivity contribution in [3.05, 3.63) is 28.8 Å². The van der Waals surface area contributed by atoms with Gasteiger partial charge in [0.2, 0.25) is 5.91 Å². The zero-order valence-corrected chi connectivity index (χ0v) is 11.8. The summed E-state index contributed by atoms with van der Waals surface area (Å²) in [5.41, 5.74) is 1.83. The molecule has 17 heavy (non-hydrogen) atoms. The summed E-state index contributed by atoms with van der Waals surface area (Å²) in [4.78, 5) is 11.7. The number of anilines is 1. The molecule has 0 atom stereocenters. The predicted octanol–water partition coefficient (Wildman–Crippen LogP) is 4.12. The number of carbonyl (C=O) groups is 1. The number of aryl methyl sites for hydroxylation is 1. The fourth-order valence-electron chi connectivity index (χ4n) is 1.33. The minimum atomic E-state index is 0.0384. The van der Waals surface area contributed by atoms with E-state index in [9.17, 15) is 4.79 Å². The molecule has 4 heteroatoms. The number of nitrogens with one attached hydrogen (secondary N) is 1. The first-order chi connectivity index (χ1) is 8.13. The Bertz CT molecular complexity index is 382. The summed E-state index contributed by atoms with van der Waals surface area (Å²) in [6.07, 6.45) is 2.33. The van der Waals surface area contributed by atoms with Gasteiger partial charge in [0.05, 0.1) is 5.75 Å². The van der Waals surface area contributed by atoms with Crippen molar-refractivity contribution < 1.29 is 4.79 Å². The number of rotatable bonds is 6. The zero-order chi connectivity index (χ0) is 12.7. The quantitative estimate of drug-likeness (QED) is 0.789. The Morgan fingerprint density at radius 3 is 2.94 bits per heavy atom. The van der Waals surface area contributed by atoms with E-state index in [1.807, 2.05) is 19.1 Å². The number of hydrogen-bond donors (Lipinski definition) is 1. The highest BCUT2D eigenvalue weighted by atomic mass is 35.5. The summed E-state index contributed by atoms with van der Waals surface area (Å²) in [6, 6.07) is 5.51. The van der Waals surface area contributed by atoms with Gasteiger partial charge in [0, 0.05) is 10.7 Å². The van der Waals surface area contributed by atoms with E-state index in [2.05, 4.69) is 12.2 Å². The highest BCUT2D eigenvalue weighted by Gasteiger charge is 2.05. The van der Waals surface area contributed by atoms with Gasteiger partial charge < -0.3 is 5.32 Å². The van der Waals surface area contributed by atoms with Crippen LogP contribution in [0, 0.1) is 6.92 Å². The summed E-state index contributed by atoms with van der Waals surface area (Å²) in [5.74, 6) is 1.58. The zero-order valence-electron chi connectivity index (χ0n) is 10.3. The predicted molar refractivity (Wildman–Crippen MR) is 77.1 cm³/mol. The van der Waals surface area contributed by atoms with Gasteiger partial charge in [0.25, 0.3) is 0 Å². The van der Waals surface area contributed by atoms with E-state index in [-0.39, 0.29) is 5.91 Å². The molecule has 0 aliphatic heterocycles. The van der Waals surface area contributed by atoms with Crippen LogP contribution in [0.5, 0.6) is 0 Å². The van der Waals surface area contributed by atoms with Crippen LogP contribution in [0.15, 0.2) is 18.2 Å². The molecular weight excluding hydrogens is 254 g/mol. The van der Waals surface area contributed by atoms with Crippen LogP contribution in [0.1, 0.15) is 25.3 Å². The SMILES string of the molecule is CCCCSCC(=O)Nc1cc(Cl)ccc1C. The highest BCUT2D eigenvalue weighted by molar-refractivity contribution is 7.99. The van der Waals surface area contributed by atoms with Gasteiger partial charge in [0.15, 0.2) is 0 Å². The van der Waals surface area contributed by atoms with Crippen molar-refractivity contribution in [1.29, 1.82) is 0 Å². The van der Waals surface area contributed by atoms with Gasteiger partial charge in [-0.25, -0.2) is 0 Å². The van der Waals surface area contributed by atoms with Crippen LogP contribution < -0.4 is 5.32 Å². The van der Waals surface area contributed by atoms with Crippen LogP contribution in [0.2, 0.25) is 5.02 Å². The van der Waals surface area contributed by atoms with Crippen molar-refractivity contribution in [1.82, 2.24) is 0 Å². The number of unbranched alkanes of at least 4 members (excludes halogenated alkanes) is 1. The van der Waals surface area contributed by atoms with E-state index in [0.29, 0.717) is 10.8 Å². The monoisotopic (exact) mass is 271 g/mol. The van der Waals surface area contributed by atoms with Gasteiger partial charge in [-0.15, -0.1) is 0 Å². The molecule has 0 aromatic heterocycles. The Hall–Kier alpha value is -0.670. The van der Waals surface area contributed by atoms with E-state index in [0.717, 1.165) is 23.4 Å². The molecule has 0 spiro atoms. The molecule has 2 nitrogen and oxygen atoms in total. The minimum absolute atomic E-state index is 0.0384. The van der Waals surface area contributed by atoms with Crippen molar-refractivity contribution in [3.63, 3.8) is 0 Å². The summed E-state index contributed by atoms with van der Waals surface area (Å²) in [5, 5.41) is 3.53. The van der Waals surface area contributed by atoms with Gasteiger partial charge in [-0.2, -0.15) is 11.8 Å². The molecule has 0 saturated carbocycles. The smallest absolute Gasteiger partial charge is 0.234 e. The Labute approximate surface area is 112 Å². The number of benzene rings is 1. The lowest BCUT2D eigenvalue weighted by molar-refractivity contribution is -0.113. The van der Waals surface area contributed by atoms with Gasteiger partial charge in [-0.3, -0.25) is 4.79 Å². The number of thioether (sulfide) groups is 1. The molecule has 94 valence electrons. The van der Waals surface area contributed by atoms with Crippen LogP contribution in [-0.2, 0) is 4.79 Å². The molecular formula is C13H18ClNOS. The van der Waals surface area contributed by atoms with Crippen molar-refractivity contribution in [2.24, 2.45) is 0 Å². The van der Waals surface area contributed by atoms with Gasteiger partial charge in [-0.05, 0) is 36.8 Å². The molecule has 1 aromatic carbocycles. The molecule has 0 aliphatic carbocycles. The van der Waals surface area contributed by atoms with Crippen LogP contribution in [-0.4, -0.2) is 17.4 Å². The Balaban J connectivity index is 2.42. The average Bonchev–Trinajstić information content (AvgIpc) is 2.29. The van der Waals surface area contributed by atoms with Gasteiger partial charge in [-0.1, -0.05) is 31.0 Å². The number of hydrogen-bond acceptors (Lipinski definition) is 2. The van der Waals surface area contributed by atoms with E-state index in [1.54, 1.807) is 17.8 Å². The molecule has 0 fully saturated rings. The molecule has 1 N–H and O–H groups in total. The van der Waals surface area contributed by atoms with Crippen LogP contribution in [0.3, 0.4) is 0 Å². The first-order valence-corrected chi connectivity index (χ1v) is 7.30. The number of carbonyl (C=O) groups excluding carboxylic acids is 1. The fraction of sp³-hybridized carbons (Fsp3) is 0.462. The third kappa shape index (κ3) is 5.46. The van der Waals surface area contributed by atoms with Gasteiger partial charge >= 0.3 is 0 Å². The fourth-order valence-corrected chi connectivity index (χ4v) is 2.39. The average molecular weight is 272 g/mol. The second-order valence-corrected chi connectivity index (χ2v) is 5.46. The lowest BCUT2D eigenvalue weighted by atomic mass is 10.2. The largest absolute Gasteiger partial charge is 0.325 e. The van der Waals surface area contributed by atoms with Crippen LogP contribution >= 0.6 is 23.4 Å².